The van der Waals surface area contributed by atoms with E-state index in [1.165, 1.54) is 0 Å². The molecule has 28 heavy (non-hydrogen) atoms. The van der Waals surface area contributed by atoms with Crippen molar-refractivity contribution >= 4 is 5.91 Å². The van der Waals surface area contributed by atoms with E-state index in [1.54, 1.807) is 18.0 Å². The fraction of sp³-hybridized carbons (Fsp3) is 0.273. The zero-order chi connectivity index (χ0) is 19.9. The van der Waals surface area contributed by atoms with Crippen LogP contribution in [-0.4, -0.2) is 54.9 Å². The van der Waals surface area contributed by atoms with Gasteiger partial charge in [-0.1, -0.05) is 30.3 Å². The van der Waals surface area contributed by atoms with Crippen molar-refractivity contribution in [3.05, 3.63) is 66.4 Å². The van der Waals surface area contributed by atoms with Gasteiger partial charge in [0.1, 0.15) is 11.4 Å². The number of nitrogens with zero attached hydrogens (tertiary/aromatic N) is 3. The summed E-state index contributed by atoms with van der Waals surface area (Å²) in [4.78, 5) is 15.0. The summed E-state index contributed by atoms with van der Waals surface area (Å²) in [7, 11) is 5.67. The van der Waals surface area contributed by atoms with Gasteiger partial charge in [-0.3, -0.25) is 4.79 Å². The van der Waals surface area contributed by atoms with Gasteiger partial charge in [-0.25, -0.2) is 4.68 Å². The summed E-state index contributed by atoms with van der Waals surface area (Å²) < 4.78 is 7.07. The largest absolute Gasteiger partial charge is 0.497 e. The van der Waals surface area contributed by atoms with Crippen molar-refractivity contribution in [1.29, 1.82) is 0 Å². The Bertz CT molecular complexity index is 919. The van der Waals surface area contributed by atoms with Gasteiger partial charge in [0.05, 0.1) is 18.4 Å². The normalized spacial score (nSPS) is 10.9. The molecule has 1 N–H and O–H groups in total. The van der Waals surface area contributed by atoms with Crippen molar-refractivity contribution in [3.63, 3.8) is 0 Å². The van der Waals surface area contributed by atoms with Gasteiger partial charge < -0.3 is 15.0 Å². The predicted molar refractivity (Wildman–Crippen MR) is 111 cm³/mol. The molecular formula is C22H26N4O2. The zero-order valence-corrected chi connectivity index (χ0v) is 16.6. The van der Waals surface area contributed by atoms with E-state index in [9.17, 15) is 4.79 Å². The van der Waals surface area contributed by atoms with E-state index in [2.05, 4.69) is 10.2 Å². The molecule has 0 aliphatic heterocycles. The molecular weight excluding hydrogens is 352 g/mol. The Morgan fingerprint density at radius 3 is 2.64 bits per heavy atom. The molecule has 0 aliphatic rings. The average molecular weight is 378 g/mol. The van der Waals surface area contributed by atoms with E-state index in [-0.39, 0.29) is 5.91 Å². The van der Waals surface area contributed by atoms with Crippen LogP contribution < -0.4 is 10.1 Å². The van der Waals surface area contributed by atoms with Crippen LogP contribution in [0.5, 0.6) is 5.75 Å². The van der Waals surface area contributed by atoms with Gasteiger partial charge in [0.15, 0.2) is 0 Å². The first-order valence-corrected chi connectivity index (χ1v) is 9.31. The molecule has 0 unspecified atom stereocenters. The second-order valence-electron chi connectivity index (χ2n) is 6.82. The summed E-state index contributed by atoms with van der Waals surface area (Å²) in [6.07, 6.45) is 2.67. The lowest BCUT2D eigenvalue weighted by atomic mass is 10.1. The Kier molecular flexibility index (Phi) is 6.45. The highest BCUT2D eigenvalue weighted by Gasteiger charge is 2.19. The first kappa shape index (κ1) is 19.6. The van der Waals surface area contributed by atoms with Crippen molar-refractivity contribution < 1.29 is 9.53 Å². The maximum atomic E-state index is 12.9. The Labute approximate surface area is 165 Å². The average Bonchev–Trinajstić information content (AvgIpc) is 3.17. The molecule has 0 fully saturated rings. The molecule has 1 aromatic heterocycles. The van der Waals surface area contributed by atoms with Crippen LogP contribution in [0.4, 0.5) is 0 Å². The van der Waals surface area contributed by atoms with Crippen LogP contribution >= 0.6 is 0 Å². The second-order valence-corrected chi connectivity index (χ2v) is 6.82. The topological polar surface area (TPSA) is 59.4 Å². The van der Waals surface area contributed by atoms with Crippen molar-refractivity contribution in [3.8, 4) is 22.7 Å². The van der Waals surface area contributed by atoms with Crippen LogP contribution in [0.25, 0.3) is 16.9 Å². The summed E-state index contributed by atoms with van der Waals surface area (Å²) >= 11 is 0. The number of nitrogens with one attached hydrogen (secondary N) is 1. The Hall–Kier alpha value is -3.12. The number of aromatic nitrogens is 2. The summed E-state index contributed by atoms with van der Waals surface area (Å²) in [6, 6.07) is 17.4. The van der Waals surface area contributed by atoms with E-state index >= 15 is 0 Å². The van der Waals surface area contributed by atoms with Crippen LogP contribution in [0.1, 0.15) is 16.8 Å². The molecule has 2 aromatic carbocycles. The van der Waals surface area contributed by atoms with E-state index in [0.717, 1.165) is 30.0 Å². The maximum Gasteiger partial charge on any atom is 0.255 e. The highest BCUT2D eigenvalue weighted by Crippen LogP contribution is 2.27. The van der Waals surface area contributed by atoms with Crippen LogP contribution in [0.15, 0.2) is 60.8 Å². The molecule has 0 saturated heterocycles. The van der Waals surface area contributed by atoms with Crippen LogP contribution in [-0.2, 0) is 0 Å². The third kappa shape index (κ3) is 4.78. The minimum Gasteiger partial charge on any atom is -0.497 e. The van der Waals surface area contributed by atoms with Crippen molar-refractivity contribution in [2.45, 2.75) is 6.42 Å². The second kappa shape index (κ2) is 9.19. The van der Waals surface area contributed by atoms with Crippen LogP contribution in [0, 0.1) is 0 Å². The number of hydrogen-bond acceptors (Lipinski definition) is 4. The van der Waals surface area contributed by atoms with Gasteiger partial charge in [-0.2, -0.15) is 5.10 Å². The Balaban J connectivity index is 1.92. The molecule has 0 bridgehead atoms. The first-order chi connectivity index (χ1) is 13.6. The fourth-order valence-corrected chi connectivity index (χ4v) is 2.93. The molecule has 3 aromatic rings. The number of carbonyl (C=O) groups is 1. The smallest absolute Gasteiger partial charge is 0.255 e. The molecule has 146 valence electrons. The van der Waals surface area contributed by atoms with E-state index in [4.69, 9.17) is 9.84 Å². The summed E-state index contributed by atoms with van der Waals surface area (Å²) in [5.74, 6) is 0.600. The number of hydrogen-bond donors (Lipinski definition) is 1. The zero-order valence-electron chi connectivity index (χ0n) is 16.6. The van der Waals surface area contributed by atoms with Crippen molar-refractivity contribution in [2.24, 2.45) is 0 Å². The van der Waals surface area contributed by atoms with E-state index in [0.29, 0.717) is 17.8 Å². The molecule has 0 saturated carbocycles. The minimum absolute atomic E-state index is 0.126. The molecule has 1 amide bonds. The molecule has 0 atom stereocenters. The number of carbonyl (C=O) groups excluding carboxylic acids is 1. The third-order valence-corrected chi connectivity index (χ3v) is 4.39. The SMILES string of the molecule is COc1cccc(-c2nn(-c3ccccc3)cc2C(=O)NCCCN(C)C)c1. The van der Waals surface area contributed by atoms with E-state index in [1.807, 2.05) is 68.7 Å². The highest BCUT2D eigenvalue weighted by atomic mass is 16.5. The molecule has 0 aliphatic carbocycles. The molecule has 6 nitrogen and oxygen atoms in total. The number of methoxy groups -OCH3 is 1. The lowest BCUT2D eigenvalue weighted by molar-refractivity contribution is 0.0953. The third-order valence-electron chi connectivity index (χ3n) is 4.39. The Morgan fingerprint density at radius 1 is 1.14 bits per heavy atom. The van der Waals surface area contributed by atoms with Crippen LogP contribution in [0.3, 0.4) is 0 Å². The predicted octanol–water partition coefficient (Wildman–Crippen LogP) is 3.23. The van der Waals surface area contributed by atoms with Gasteiger partial charge >= 0.3 is 0 Å². The standard InChI is InChI=1S/C22H26N4O2/c1-25(2)14-8-13-23-22(27)20-16-26(18-10-5-4-6-11-18)24-21(20)17-9-7-12-19(15-17)28-3/h4-7,9-12,15-16H,8,13-14H2,1-3H3,(H,23,27). The minimum atomic E-state index is -0.126. The number of amides is 1. The number of ether oxygens (including phenoxy) is 1. The number of benzene rings is 2. The number of rotatable bonds is 8. The van der Waals surface area contributed by atoms with Gasteiger partial charge in [0, 0.05) is 18.3 Å². The van der Waals surface area contributed by atoms with Crippen LogP contribution in [0.2, 0.25) is 0 Å². The first-order valence-electron chi connectivity index (χ1n) is 9.31. The lowest BCUT2D eigenvalue weighted by Crippen LogP contribution is -2.27. The van der Waals surface area contributed by atoms with Crippen molar-refractivity contribution in [1.82, 2.24) is 20.0 Å². The molecule has 0 radical (unpaired) electrons. The highest BCUT2D eigenvalue weighted by molar-refractivity contribution is 6.00. The van der Waals surface area contributed by atoms with Gasteiger partial charge in [-0.15, -0.1) is 0 Å². The quantitative estimate of drug-likeness (QED) is 0.612. The van der Waals surface area contributed by atoms with Crippen molar-refractivity contribution in [2.75, 3.05) is 34.3 Å². The summed E-state index contributed by atoms with van der Waals surface area (Å²) in [6.45, 7) is 1.54. The molecule has 0 spiro atoms. The summed E-state index contributed by atoms with van der Waals surface area (Å²) in [5, 5.41) is 7.70. The van der Waals surface area contributed by atoms with Gasteiger partial charge in [-0.05, 0) is 51.3 Å². The lowest BCUT2D eigenvalue weighted by Gasteiger charge is -2.10. The molecule has 1 heterocycles. The maximum absolute atomic E-state index is 12.9. The van der Waals surface area contributed by atoms with E-state index < -0.39 is 0 Å². The molecule has 6 heteroatoms. The van der Waals surface area contributed by atoms with Gasteiger partial charge in [0.25, 0.3) is 5.91 Å². The summed E-state index contributed by atoms with van der Waals surface area (Å²) in [5.41, 5.74) is 2.92. The monoisotopic (exact) mass is 378 g/mol. The molecule has 3 rings (SSSR count). The number of para-hydroxylation sites is 1. The Morgan fingerprint density at radius 2 is 1.93 bits per heavy atom. The fourth-order valence-electron chi connectivity index (χ4n) is 2.93. The van der Waals surface area contributed by atoms with Gasteiger partial charge in [0.2, 0.25) is 0 Å².